The summed E-state index contributed by atoms with van der Waals surface area (Å²) in [5.74, 6) is 0.913. The molecule has 1 fully saturated rings. The third kappa shape index (κ3) is 3.82. The van der Waals surface area contributed by atoms with E-state index in [4.69, 9.17) is 9.47 Å². The molecule has 5 heteroatoms. The van der Waals surface area contributed by atoms with Crippen molar-refractivity contribution < 1.29 is 18.7 Å². The summed E-state index contributed by atoms with van der Waals surface area (Å²) in [5.41, 5.74) is 1.58. The van der Waals surface area contributed by atoms with Gasteiger partial charge in [-0.25, -0.2) is 4.39 Å². The van der Waals surface area contributed by atoms with Gasteiger partial charge in [0.05, 0.1) is 19.8 Å². The Hall–Kier alpha value is -2.56. The maximum atomic E-state index is 13.2. The summed E-state index contributed by atoms with van der Waals surface area (Å²) in [6.07, 6.45) is 2.99. The number of para-hydroxylation sites is 1. The van der Waals surface area contributed by atoms with E-state index in [0.29, 0.717) is 30.2 Å². The van der Waals surface area contributed by atoms with Crippen molar-refractivity contribution in [2.24, 2.45) is 0 Å². The number of rotatable bonds is 4. The molecule has 0 radical (unpaired) electrons. The Morgan fingerprint density at radius 3 is 2.54 bits per heavy atom. The first-order valence-electron chi connectivity index (χ1n) is 8.89. The Balaban J connectivity index is 1.85. The van der Waals surface area contributed by atoms with Crippen LogP contribution in [0.15, 0.2) is 42.5 Å². The van der Waals surface area contributed by atoms with Gasteiger partial charge in [0.15, 0.2) is 11.5 Å². The number of methoxy groups -OCH3 is 2. The summed E-state index contributed by atoms with van der Waals surface area (Å²) in [6, 6.07) is 11.9. The number of hydrogen-bond donors (Lipinski definition) is 0. The first-order chi connectivity index (χ1) is 12.6. The average molecular weight is 357 g/mol. The van der Waals surface area contributed by atoms with E-state index >= 15 is 0 Å². The standard InChI is InChI=1S/C21H24FNO3/c1-25-19-8-5-7-18(20(19)26-2)21(24)23-13-4-3-6-16(14-23)15-9-11-17(22)12-10-15/h5,7-12,16H,3-4,6,13-14H2,1-2H3. The van der Waals surface area contributed by atoms with Crippen LogP contribution in [0, 0.1) is 5.82 Å². The van der Waals surface area contributed by atoms with Gasteiger partial charge in [-0.3, -0.25) is 4.79 Å². The lowest BCUT2D eigenvalue weighted by molar-refractivity contribution is 0.0750. The molecule has 26 heavy (non-hydrogen) atoms. The normalized spacial score (nSPS) is 17.5. The highest BCUT2D eigenvalue weighted by atomic mass is 19.1. The molecule has 3 rings (SSSR count). The number of benzene rings is 2. The average Bonchev–Trinajstić information content (AvgIpc) is 2.93. The maximum absolute atomic E-state index is 13.2. The molecular weight excluding hydrogens is 333 g/mol. The molecule has 1 aliphatic rings. The summed E-state index contributed by atoms with van der Waals surface area (Å²) in [5, 5.41) is 0. The third-order valence-electron chi connectivity index (χ3n) is 4.93. The topological polar surface area (TPSA) is 38.8 Å². The molecule has 1 atom stereocenters. The van der Waals surface area contributed by atoms with Crippen molar-refractivity contribution >= 4 is 5.91 Å². The van der Waals surface area contributed by atoms with Gasteiger partial charge in [0.2, 0.25) is 0 Å². The second-order valence-electron chi connectivity index (χ2n) is 6.54. The van der Waals surface area contributed by atoms with E-state index in [1.807, 2.05) is 17.0 Å². The summed E-state index contributed by atoms with van der Waals surface area (Å²) < 4.78 is 24.0. The highest BCUT2D eigenvalue weighted by Gasteiger charge is 2.26. The van der Waals surface area contributed by atoms with Crippen LogP contribution < -0.4 is 9.47 Å². The van der Waals surface area contributed by atoms with Crippen molar-refractivity contribution in [3.8, 4) is 11.5 Å². The molecule has 0 N–H and O–H groups in total. The van der Waals surface area contributed by atoms with Crippen molar-refractivity contribution in [2.45, 2.75) is 25.2 Å². The molecule has 0 saturated carbocycles. The lowest BCUT2D eigenvalue weighted by Gasteiger charge is -2.26. The number of carbonyl (C=O) groups excluding carboxylic acids is 1. The van der Waals surface area contributed by atoms with Gasteiger partial charge in [-0.15, -0.1) is 0 Å². The van der Waals surface area contributed by atoms with Crippen molar-refractivity contribution in [1.29, 1.82) is 0 Å². The Bertz CT molecular complexity index is 760. The fourth-order valence-electron chi connectivity index (χ4n) is 3.56. The van der Waals surface area contributed by atoms with E-state index in [1.165, 1.54) is 12.1 Å². The van der Waals surface area contributed by atoms with Gasteiger partial charge >= 0.3 is 0 Å². The fraction of sp³-hybridized carbons (Fsp3) is 0.381. The molecule has 1 amide bonds. The van der Waals surface area contributed by atoms with Gasteiger partial charge in [-0.05, 0) is 42.7 Å². The SMILES string of the molecule is COc1cccc(C(=O)N2CCCCC(c3ccc(F)cc3)C2)c1OC. The molecule has 1 saturated heterocycles. The number of hydrogen-bond acceptors (Lipinski definition) is 3. The van der Waals surface area contributed by atoms with Gasteiger partial charge in [-0.2, -0.15) is 0 Å². The van der Waals surface area contributed by atoms with Crippen molar-refractivity contribution in [3.05, 3.63) is 59.4 Å². The predicted octanol–water partition coefficient (Wildman–Crippen LogP) is 4.25. The summed E-state index contributed by atoms with van der Waals surface area (Å²) >= 11 is 0. The smallest absolute Gasteiger partial charge is 0.257 e. The molecular formula is C21H24FNO3. The summed E-state index contributed by atoms with van der Waals surface area (Å²) in [4.78, 5) is 15.0. The zero-order valence-corrected chi connectivity index (χ0v) is 15.2. The fourth-order valence-corrected chi connectivity index (χ4v) is 3.56. The van der Waals surface area contributed by atoms with Crippen molar-refractivity contribution in [3.63, 3.8) is 0 Å². The van der Waals surface area contributed by atoms with E-state index in [0.717, 1.165) is 24.8 Å². The first kappa shape index (κ1) is 18.2. The van der Waals surface area contributed by atoms with Crippen LogP contribution in [0.3, 0.4) is 0 Å². The minimum Gasteiger partial charge on any atom is -0.493 e. The Kier molecular flexibility index (Phi) is 5.76. The predicted molar refractivity (Wildman–Crippen MR) is 98.4 cm³/mol. The highest BCUT2D eigenvalue weighted by Crippen LogP contribution is 2.33. The second kappa shape index (κ2) is 8.21. The maximum Gasteiger partial charge on any atom is 0.257 e. The van der Waals surface area contributed by atoms with Crippen LogP contribution in [0.1, 0.15) is 41.1 Å². The monoisotopic (exact) mass is 357 g/mol. The molecule has 2 aromatic rings. The molecule has 2 aromatic carbocycles. The molecule has 0 aliphatic carbocycles. The van der Waals surface area contributed by atoms with Crippen LogP contribution in [0.25, 0.3) is 0 Å². The van der Waals surface area contributed by atoms with E-state index in [-0.39, 0.29) is 17.6 Å². The number of ether oxygens (including phenoxy) is 2. The number of amides is 1. The molecule has 0 aromatic heterocycles. The number of carbonyl (C=O) groups is 1. The molecule has 138 valence electrons. The van der Waals surface area contributed by atoms with Gasteiger partial charge < -0.3 is 14.4 Å². The molecule has 1 heterocycles. The van der Waals surface area contributed by atoms with Crippen LogP contribution in [-0.4, -0.2) is 38.1 Å². The Morgan fingerprint density at radius 1 is 1.08 bits per heavy atom. The van der Waals surface area contributed by atoms with Crippen LogP contribution >= 0.6 is 0 Å². The number of nitrogens with zero attached hydrogens (tertiary/aromatic N) is 1. The first-order valence-corrected chi connectivity index (χ1v) is 8.89. The molecule has 1 unspecified atom stereocenters. The zero-order chi connectivity index (χ0) is 18.5. The number of halogens is 1. The third-order valence-corrected chi connectivity index (χ3v) is 4.93. The van der Waals surface area contributed by atoms with Crippen LogP contribution in [0.2, 0.25) is 0 Å². The van der Waals surface area contributed by atoms with E-state index in [2.05, 4.69) is 0 Å². The van der Waals surface area contributed by atoms with E-state index in [9.17, 15) is 9.18 Å². The quantitative estimate of drug-likeness (QED) is 0.821. The molecule has 4 nitrogen and oxygen atoms in total. The summed E-state index contributed by atoms with van der Waals surface area (Å²) in [7, 11) is 3.10. The minimum absolute atomic E-state index is 0.0604. The number of likely N-dealkylation sites (tertiary alicyclic amines) is 1. The molecule has 0 spiro atoms. The van der Waals surface area contributed by atoms with Crippen LogP contribution in [0.5, 0.6) is 11.5 Å². The van der Waals surface area contributed by atoms with Gasteiger partial charge in [-0.1, -0.05) is 24.6 Å². The van der Waals surface area contributed by atoms with Gasteiger partial charge in [0.1, 0.15) is 5.82 Å². The Morgan fingerprint density at radius 2 is 1.85 bits per heavy atom. The zero-order valence-electron chi connectivity index (χ0n) is 15.2. The van der Waals surface area contributed by atoms with Crippen LogP contribution in [0.4, 0.5) is 4.39 Å². The molecule has 1 aliphatic heterocycles. The van der Waals surface area contributed by atoms with E-state index in [1.54, 1.807) is 32.4 Å². The van der Waals surface area contributed by atoms with Gasteiger partial charge in [0.25, 0.3) is 5.91 Å². The van der Waals surface area contributed by atoms with E-state index < -0.39 is 0 Å². The highest BCUT2D eigenvalue weighted by molar-refractivity contribution is 5.97. The van der Waals surface area contributed by atoms with Crippen molar-refractivity contribution in [2.75, 3.05) is 27.3 Å². The lowest BCUT2D eigenvalue weighted by atomic mass is 9.94. The van der Waals surface area contributed by atoms with Crippen molar-refractivity contribution in [1.82, 2.24) is 4.90 Å². The minimum atomic E-state index is -0.239. The summed E-state index contributed by atoms with van der Waals surface area (Å²) in [6.45, 7) is 1.32. The Labute approximate surface area is 153 Å². The van der Waals surface area contributed by atoms with Gasteiger partial charge in [0, 0.05) is 19.0 Å². The molecule has 0 bridgehead atoms. The lowest BCUT2D eigenvalue weighted by Crippen LogP contribution is -2.34. The largest absolute Gasteiger partial charge is 0.493 e. The van der Waals surface area contributed by atoms with Crippen LogP contribution in [-0.2, 0) is 0 Å². The second-order valence-corrected chi connectivity index (χ2v) is 6.54.